The lowest BCUT2D eigenvalue weighted by Gasteiger charge is -2.08. The Hall–Kier alpha value is -2.80. The van der Waals surface area contributed by atoms with Gasteiger partial charge in [0.2, 0.25) is 0 Å². The molecule has 0 spiro atoms. The van der Waals surface area contributed by atoms with Gasteiger partial charge in [-0.1, -0.05) is 0 Å². The zero-order valence-electron chi connectivity index (χ0n) is 14.2. The molecule has 4 aromatic heterocycles. The van der Waals surface area contributed by atoms with Crippen molar-refractivity contribution in [2.75, 3.05) is 0 Å². The molecule has 0 radical (unpaired) electrons. The number of hydrogen-bond donors (Lipinski definition) is 0. The van der Waals surface area contributed by atoms with E-state index in [1.165, 1.54) is 11.3 Å². The van der Waals surface area contributed by atoms with Crippen LogP contribution in [0.4, 0.5) is 0 Å². The zero-order chi connectivity index (χ0) is 17.6. The number of hydrogen-bond acceptors (Lipinski definition) is 5. The van der Waals surface area contributed by atoms with Gasteiger partial charge in [0.25, 0.3) is 0 Å². The highest BCUT2D eigenvalue weighted by Crippen LogP contribution is 2.24. The summed E-state index contributed by atoms with van der Waals surface area (Å²) >= 11 is 1.51. The fourth-order valence-electron chi connectivity index (χ4n) is 2.98. The number of fused-ring (bicyclic) bond motifs is 1. The first-order valence-corrected chi connectivity index (χ1v) is 8.81. The van der Waals surface area contributed by atoms with Crippen molar-refractivity contribution in [3.05, 3.63) is 58.1 Å². The van der Waals surface area contributed by atoms with Crippen molar-refractivity contribution in [2.45, 2.75) is 20.3 Å². The highest BCUT2D eigenvalue weighted by Gasteiger charge is 2.17. The van der Waals surface area contributed by atoms with Gasteiger partial charge in [0.1, 0.15) is 10.7 Å². The highest BCUT2D eigenvalue weighted by molar-refractivity contribution is 7.09. The minimum Gasteiger partial charge on any atom is -0.306 e. The molecule has 0 saturated carbocycles. The third-order valence-corrected chi connectivity index (χ3v) is 5.03. The Labute approximate surface area is 148 Å². The quantitative estimate of drug-likeness (QED) is 0.530. The van der Waals surface area contributed by atoms with Gasteiger partial charge in [-0.3, -0.25) is 9.48 Å². The Morgan fingerprint density at radius 1 is 1.24 bits per heavy atom. The van der Waals surface area contributed by atoms with E-state index in [1.807, 2.05) is 59.9 Å². The van der Waals surface area contributed by atoms with Crippen molar-refractivity contribution < 1.29 is 4.79 Å². The van der Waals surface area contributed by atoms with Crippen molar-refractivity contribution in [3.63, 3.8) is 0 Å². The van der Waals surface area contributed by atoms with Crippen LogP contribution in [-0.2, 0) is 13.5 Å². The van der Waals surface area contributed by atoms with Crippen LogP contribution in [0.1, 0.15) is 26.8 Å². The molecule has 6 nitrogen and oxygen atoms in total. The van der Waals surface area contributed by atoms with Gasteiger partial charge >= 0.3 is 0 Å². The molecule has 0 amide bonds. The lowest BCUT2D eigenvalue weighted by molar-refractivity contribution is 0.0994. The van der Waals surface area contributed by atoms with E-state index in [0.29, 0.717) is 11.2 Å². The first kappa shape index (κ1) is 15.7. The van der Waals surface area contributed by atoms with Crippen molar-refractivity contribution in [2.24, 2.45) is 7.05 Å². The van der Waals surface area contributed by atoms with Crippen LogP contribution < -0.4 is 0 Å². The van der Waals surface area contributed by atoms with Crippen LogP contribution >= 0.6 is 11.3 Å². The van der Waals surface area contributed by atoms with E-state index in [0.717, 1.165) is 27.7 Å². The molecule has 7 heteroatoms. The largest absolute Gasteiger partial charge is 0.306 e. The predicted molar refractivity (Wildman–Crippen MR) is 97.0 cm³/mol. The summed E-state index contributed by atoms with van der Waals surface area (Å²) in [6.07, 6.45) is 5.82. The number of aryl methyl sites for hydroxylation is 3. The number of ketones is 1. The van der Waals surface area contributed by atoms with Crippen LogP contribution in [0.15, 0.2) is 36.1 Å². The number of rotatable bonds is 4. The van der Waals surface area contributed by atoms with Gasteiger partial charge < -0.3 is 4.40 Å². The molecule has 0 N–H and O–H groups in total. The lowest BCUT2D eigenvalue weighted by Crippen LogP contribution is -2.07. The molecule has 126 valence electrons. The Kier molecular flexibility index (Phi) is 3.73. The molecule has 0 bridgehead atoms. The molecule has 0 aromatic carbocycles. The number of aromatic nitrogens is 5. The zero-order valence-corrected chi connectivity index (χ0v) is 15.0. The van der Waals surface area contributed by atoms with Crippen molar-refractivity contribution >= 4 is 22.8 Å². The van der Waals surface area contributed by atoms with Gasteiger partial charge in [-0.2, -0.15) is 5.10 Å². The lowest BCUT2D eigenvalue weighted by atomic mass is 10.1. The number of pyridine rings is 1. The maximum atomic E-state index is 12.9. The SMILES string of the molecule is Cc1csc(CC(=O)c2cc(-c3cc(C)nn3C)cn3ccnc23)n1. The standard InChI is InChI=1S/C18H17N5OS/c1-11-6-15(22(3)21-11)13-7-14(18-19-4-5-23(18)9-13)16(24)8-17-20-12(2)10-25-17/h4-7,9-10H,8H2,1-3H3. The van der Waals surface area contributed by atoms with E-state index >= 15 is 0 Å². The van der Waals surface area contributed by atoms with E-state index < -0.39 is 0 Å². The summed E-state index contributed by atoms with van der Waals surface area (Å²) in [5, 5.41) is 7.19. The van der Waals surface area contributed by atoms with Gasteiger partial charge in [-0.05, 0) is 26.0 Å². The number of carbonyl (C=O) groups excluding carboxylic acids is 1. The smallest absolute Gasteiger partial charge is 0.173 e. The summed E-state index contributed by atoms with van der Waals surface area (Å²) in [6.45, 7) is 3.89. The number of Topliss-reactive ketones (excluding diaryl/α,β-unsaturated/α-hetero) is 1. The summed E-state index contributed by atoms with van der Waals surface area (Å²) < 4.78 is 3.71. The normalized spacial score (nSPS) is 11.3. The maximum absolute atomic E-state index is 12.9. The molecule has 25 heavy (non-hydrogen) atoms. The fourth-order valence-corrected chi connectivity index (χ4v) is 3.75. The minimum atomic E-state index is 0.0197. The third kappa shape index (κ3) is 2.87. The maximum Gasteiger partial charge on any atom is 0.173 e. The summed E-state index contributed by atoms with van der Waals surface area (Å²) in [7, 11) is 1.90. The summed E-state index contributed by atoms with van der Waals surface area (Å²) in [5.74, 6) is 0.0197. The average Bonchev–Trinajstić information content (AvgIpc) is 3.26. The molecule has 0 aliphatic carbocycles. The molecule has 0 fully saturated rings. The molecule has 0 unspecified atom stereocenters. The Bertz CT molecular complexity index is 1090. The van der Waals surface area contributed by atoms with Crippen molar-refractivity contribution in [1.82, 2.24) is 24.1 Å². The minimum absolute atomic E-state index is 0.0197. The monoisotopic (exact) mass is 351 g/mol. The second-order valence-corrected chi connectivity index (χ2v) is 7.02. The van der Waals surface area contributed by atoms with Gasteiger partial charge in [0.15, 0.2) is 5.78 Å². The molecule has 0 saturated heterocycles. The number of carbonyl (C=O) groups is 1. The topological polar surface area (TPSA) is 65.1 Å². The van der Waals surface area contributed by atoms with E-state index in [2.05, 4.69) is 15.1 Å². The molecule has 0 aliphatic heterocycles. The van der Waals surface area contributed by atoms with Crippen LogP contribution in [0.3, 0.4) is 0 Å². The van der Waals surface area contributed by atoms with Crippen LogP contribution in [0, 0.1) is 13.8 Å². The third-order valence-electron chi connectivity index (χ3n) is 4.06. The number of imidazole rings is 1. The first-order chi connectivity index (χ1) is 12.0. The summed E-state index contributed by atoms with van der Waals surface area (Å²) in [4.78, 5) is 21.6. The molecule has 4 heterocycles. The molecular formula is C18H17N5OS. The second-order valence-electron chi connectivity index (χ2n) is 6.08. The van der Waals surface area contributed by atoms with Gasteiger partial charge in [0, 0.05) is 42.3 Å². The molecule has 4 rings (SSSR count). The summed E-state index contributed by atoms with van der Waals surface area (Å²) in [5.41, 5.74) is 5.06. The highest BCUT2D eigenvalue weighted by atomic mass is 32.1. The van der Waals surface area contributed by atoms with E-state index in [-0.39, 0.29) is 12.2 Å². The Morgan fingerprint density at radius 2 is 2.08 bits per heavy atom. The van der Waals surface area contributed by atoms with Crippen molar-refractivity contribution in [3.8, 4) is 11.3 Å². The number of nitrogens with zero attached hydrogens (tertiary/aromatic N) is 5. The fraction of sp³-hybridized carbons (Fsp3) is 0.222. The Morgan fingerprint density at radius 3 is 2.76 bits per heavy atom. The molecule has 0 atom stereocenters. The van der Waals surface area contributed by atoms with Gasteiger partial charge in [-0.15, -0.1) is 11.3 Å². The number of thiazole rings is 1. The van der Waals surface area contributed by atoms with Crippen LogP contribution in [0.25, 0.3) is 16.9 Å². The summed E-state index contributed by atoms with van der Waals surface area (Å²) in [6, 6.07) is 3.91. The van der Waals surface area contributed by atoms with Gasteiger partial charge in [-0.25, -0.2) is 9.97 Å². The molecular weight excluding hydrogens is 334 g/mol. The van der Waals surface area contributed by atoms with E-state index in [4.69, 9.17) is 0 Å². The predicted octanol–water partition coefficient (Wildman–Crippen LogP) is 3.23. The Balaban J connectivity index is 1.81. The second kappa shape index (κ2) is 5.93. The van der Waals surface area contributed by atoms with Crippen molar-refractivity contribution in [1.29, 1.82) is 0 Å². The average molecular weight is 351 g/mol. The van der Waals surface area contributed by atoms with Crippen LogP contribution in [0.2, 0.25) is 0 Å². The van der Waals surface area contributed by atoms with Crippen LogP contribution in [-0.4, -0.2) is 29.9 Å². The van der Waals surface area contributed by atoms with Gasteiger partial charge in [0.05, 0.1) is 23.4 Å². The molecule has 4 aromatic rings. The molecule has 0 aliphatic rings. The van der Waals surface area contributed by atoms with E-state index in [9.17, 15) is 4.79 Å². The first-order valence-electron chi connectivity index (χ1n) is 7.93. The van der Waals surface area contributed by atoms with E-state index in [1.54, 1.807) is 6.20 Å². The van der Waals surface area contributed by atoms with Crippen LogP contribution in [0.5, 0.6) is 0 Å².